The molecule has 38 heavy (non-hydrogen) atoms. The Morgan fingerprint density at radius 2 is 1.95 bits per heavy atom. The van der Waals surface area contributed by atoms with Crippen LogP contribution in [-0.4, -0.2) is 46.6 Å². The molecule has 0 aliphatic rings. The van der Waals surface area contributed by atoms with Gasteiger partial charge in [0.2, 0.25) is 5.91 Å². The zero-order valence-electron chi connectivity index (χ0n) is 22.2. The molecule has 0 fully saturated rings. The number of amides is 1. The van der Waals surface area contributed by atoms with E-state index in [1.807, 2.05) is 62.4 Å². The van der Waals surface area contributed by atoms with Crippen molar-refractivity contribution in [3.05, 3.63) is 72.5 Å². The number of nitrogens with one attached hydrogen (secondary N) is 2. The van der Waals surface area contributed by atoms with E-state index in [2.05, 4.69) is 34.0 Å². The maximum Gasteiger partial charge on any atom is 0.247 e. The molecule has 9 nitrogen and oxygen atoms in total. The number of hydrogen-bond acceptors (Lipinski definition) is 5. The van der Waals surface area contributed by atoms with Crippen LogP contribution in [-0.2, 0) is 18.4 Å². The van der Waals surface area contributed by atoms with Gasteiger partial charge in [0.15, 0.2) is 0 Å². The first-order valence-electron chi connectivity index (χ1n) is 12.4. The number of aromatic amines is 1. The topological polar surface area (TPSA) is 114 Å². The highest BCUT2D eigenvalue weighted by molar-refractivity contribution is 6.07. The van der Waals surface area contributed by atoms with E-state index < -0.39 is 6.10 Å². The number of rotatable bonds is 7. The van der Waals surface area contributed by atoms with Gasteiger partial charge in [0, 0.05) is 58.5 Å². The van der Waals surface area contributed by atoms with Crippen molar-refractivity contribution >= 4 is 22.6 Å². The largest absolute Gasteiger partial charge is 0.391 e. The molecule has 1 aromatic carbocycles. The average molecular weight is 510 g/mol. The summed E-state index contributed by atoms with van der Waals surface area (Å²) < 4.78 is 3.58. The molecule has 1 atom stereocenters. The van der Waals surface area contributed by atoms with Gasteiger partial charge in [-0.25, -0.2) is 4.98 Å². The standard InChI is InChI=1S/C29H31N7O2/c1-7-25(38)33-24-10-20(9-8-16(24)2)27-26-18(4)22(23-13-31-35(6)19(23)5)12-30-29(26)34-28(27)21-11-32-36(15-21)14-17(3)37/h7-13,15,17,37H,1,14H2,2-6H3,(H,30,34)(H,33,38). The highest BCUT2D eigenvalue weighted by Crippen LogP contribution is 2.42. The molecule has 0 spiro atoms. The number of anilines is 1. The van der Waals surface area contributed by atoms with Crippen LogP contribution in [0.5, 0.6) is 0 Å². The lowest BCUT2D eigenvalue weighted by molar-refractivity contribution is -0.111. The SMILES string of the molecule is C=CC(=O)Nc1cc(-c2c(-c3cnn(CC(C)O)c3)[nH]c3ncc(-c4cnn(C)c4C)c(C)c23)ccc1C. The highest BCUT2D eigenvalue weighted by atomic mass is 16.3. The molecule has 5 rings (SSSR count). The van der Waals surface area contributed by atoms with E-state index in [0.717, 1.165) is 61.4 Å². The quantitative estimate of drug-likeness (QED) is 0.269. The van der Waals surface area contributed by atoms with Crippen LogP contribution in [0.3, 0.4) is 0 Å². The fraction of sp³-hybridized carbons (Fsp3) is 0.241. The Morgan fingerprint density at radius 1 is 1.16 bits per heavy atom. The Kier molecular flexibility index (Phi) is 6.46. The van der Waals surface area contributed by atoms with Gasteiger partial charge in [-0.05, 0) is 56.5 Å². The molecule has 1 unspecified atom stereocenters. The van der Waals surface area contributed by atoms with Gasteiger partial charge in [-0.2, -0.15) is 10.2 Å². The minimum Gasteiger partial charge on any atom is -0.391 e. The Morgan fingerprint density at radius 3 is 2.63 bits per heavy atom. The van der Waals surface area contributed by atoms with Gasteiger partial charge >= 0.3 is 0 Å². The fourth-order valence-corrected chi connectivity index (χ4v) is 4.81. The summed E-state index contributed by atoms with van der Waals surface area (Å²) in [6, 6.07) is 6.02. The molecular formula is C29H31N7O2. The number of hydrogen-bond donors (Lipinski definition) is 3. The number of nitrogens with zero attached hydrogens (tertiary/aromatic N) is 5. The normalized spacial score (nSPS) is 12.2. The number of aryl methyl sites for hydroxylation is 3. The Hall–Kier alpha value is -4.50. The number of aliphatic hydroxyl groups excluding tert-OH is 1. The predicted molar refractivity (Wildman–Crippen MR) is 150 cm³/mol. The van der Waals surface area contributed by atoms with Gasteiger partial charge in [0.25, 0.3) is 0 Å². The van der Waals surface area contributed by atoms with E-state index in [1.54, 1.807) is 17.8 Å². The molecule has 0 saturated heterocycles. The maximum absolute atomic E-state index is 12.1. The lowest BCUT2D eigenvalue weighted by Gasteiger charge is -2.12. The lowest BCUT2D eigenvalue weighted by Crippen LogP contribution is -2.11. The van der Waals surface area contributed by atoms with Crippen LogP contribution in [0.4, 0.5) is 5.69 Å². The Labute approximate surface area is 220 Å². The van der Waals surface area contributed by atoms with Gasteiger partial charge in [-0.3, -0.25) is 14.2 Å². The van der Waals surface area contributed by atoms with Crippen molar-refractivity contribution in [3.8, 4) is 33.5 Å². The number of benzene rings is 1. The van der Waals surface area contributed by atoms with Crippen molar-refractivity contribution in [1.29, 1.82) is 0 Å². The third-order valence-electron chi connectivity index (χ3n) is 6.95. The van der Waals surface area contributed by atoms with Gasteiger partial charge in [-0.15, -0.1) is 0 Å². The molecule has 4 aromatic heterocycles. The minimum atomic E-state index is -0.521. The molecule has 3 N–H and O–H groups in total. The van der Waals surface area contributed by atoms with Crippen molar-refractivity contribution in [2.75, 3.05) is 5.32 Å². The highest BCUT2D eigenvalue weighted by Gasteiger charge is 2.22. The van der Waals surface area contributed by atoms with Crippen molar-refractivity contribution in [2.45, 2.75) is 40.3 Å². The molecule has 0 saturated carbocycles. The summed E-state index contributed by atoms with van der Waals surface area (Å²) in [4.78, 5) is 20.5. The number of carbonyl (C=O) groups excluding carboxylic acids is 1. The van der Waals surface area contributed by atoms with E-state index in [9.17, 15) is 9.90 Å². The van der Waals surface area contributed by atoms with Crippen LogP contribution in [0.2, 0.25) is 0 Å². The third-order valence-corrected chi connectivity index (χ3v) is 6.95. The summed E-state index contributed by atoms with van der Waals surface area (Å²) in [7, 11) is 1.93. The van der Waals surface area contributed by atoms with Crippen LogP contribution in [0.1, 0.15) is 23.7 Å². The van der Waals surface area contributed by atoms with Gasteiger partial charge < -0.3 is 15.4 Å². The first-order valence-corrected chi connectivity index (χ1v) is 12.4. The van der Waals surface area contributed by atoms with E-state index >= 15 is 0 Å². The summed E-state index contributed by atoms with van der Waals surface area (Å²) in [6.45, 7) is 11.8. The number of fused-ring (bicyclic) bond motifs is 1. The smallest absolute Gasteiger partial charge is 0.247 e. The van der Waals surface area contributed by atoms with Gasteiger partial charge in [0.05, 0.1) is 30.7 Å². The molecule has 0 bridgehead atoms. The number of H-pyrrole nitrogens is 1. The minimum absolute atomic E-state index is 0.268. The molecule has 9 heteroatoms. The molecule has 5 aromatic rings. The molecule has 0 aliphatic heterocycles. The van der Waals surface area contributed by atoms with Crippen LogP contribution >= 0.6 is 0 Å². The van der Waals surface area contributed by atoms with Crippen molar-refractivity contribution in [1.82, 2.24) is 29.5 Å². The van der Waals surface area contributed by atoms with E-state index in [0.29, 0.717) is 12.2 Å². The van der Waals surface area contributed by atoms with Crippen molar-refractivity contribution < 1.29 is 9.90 Å². The Balaban J connectivity index is 1.78. The van der Waals surface area contributed by atoms with E-state index in [4.69, 9.17) is 4.98 Å². The maximum atomic E-state index is 12.1. The van der Waals surface area contributed by atoms with Gasteiger partial charge in [-0.1, -0.05) is 18.7 Å². The summed E-state index contributed by atoms with van der Waals surface area (Å²) in [5, 5.41) is 22.6. The second-order valence-electron chi connectivity index (χ2n) is 9.69. The van der Waals surface area contributed by atoms with E-state index in [1.165, 1.54) is 6.08 Å². The molecule has 1 amide bonds. The number of aromatic nitrogens is 6. The summed E-state index contributed by atoms with van der Waals surface area (Å²) in [6.07, 6.45) is 8.19. The van der Waals surface area contributed by atoms with Crippen LogP contribution in [0, 0.1) is 20.8 Å². The van der Waals surface area contributed by atoms with Crippen LogP contribution in [0.25, 0.3) is 44.5 Å². The zero-order valence-corrected chi connectivity index (χ0v) is 22.2. The fourth-order valence-electron chi connectivity index (χ4n) is 4.81. The average Bonchev–Trinajstić information content (AvgIpc) is 3.58. The van der Waals surface area contributed by atoms with E-state index in [-0.39, 0.29) is 5.91 Å². The number of carbonyl (C=O) groups is 1. The second kappa shape index (κ2) is 9.75. The third kappa shape index (κ3) is 4.41. The molecule has 0 radical (unpaired) electrons. The first-order chi connectivity index (χ1) is 18.2. The summed E-state index contributed by atoms with van der Waals surface area (Å²) in [5.74, 6) is -0.268. The molecule has 0 aliphatic carbocycles. The molecular weight excluding hydrogens is 478 g/mol. The summed E-state index contributed by atoms with van der Waals surface area (Å²) in [5.41, 5.74) is 10.2. The van der Waals surface area contributed by atoms with Gasteiger partial charge in [0.1, 0.15) is 5.65 Å². The predicted octanol–water partition coefficient (Wildman–Crippen LogP) is 4.92. The van der Waals surface area contributed by atoms with Crippen molar-refractivity contribution in [3.63, 3.8) is 0 Å². The molecule has 194 valence electrons. The van der Waals surface area contributed by atoms with Crippen LogP contribution < -0.4 is 5.32 Å². The monoisotopic (exact) mass is 509 g/mol. The van der Waals surface area contributed by atoms with Crippen LogP contribution in [0.15, 0.2) is 55.6 Å². The molecule has 4 heterocycles. The zero-order chi connectivity index (χ0) is 27.1. The second-order valence-corrected chi connectivity index (χ2v) is 9.69. The first kappa shape index (κ1) is 25.2. The Bertz CT molecular complexity index is 1690. The summed E-state index contributed by atoms with van der Waals surface area (Å²) >= 11 is 0. The lowest BCUT2D eigenvalue weighted by atomic mass is 9.93. The number of aliphatic hydroxyl groups is 1. The van der Waals surface area contributed by atoms with Crippen molar-refractivity contribution in [2.24, 2.45) is 7.05 Å². The number of pyridine rings is 1.